The largest absolute Gasteiger partial charge is 0.321 e. The van der Waals surface area contributed by atoms with Crippen molar-refractivity contribution in [3.63, 3.8) is 0 Å². The zero-order valence-corrected chi connectivity index (χ0v) is 5.27. The molecule has 1 unspecified atom stereocenters. The number of alkyl halides is 2. The summed E-state index contributed by atoms with van der Waals surface area (Å²) < 4.78 is 25.1. The van der Waals surface area contributed by atoms with Gasteiger partial charge in [0.25, 0.3) is 0 Å². The number of hydrogen-bond donors (Lipinski definition) is 1. The minimum absolute atomic E-state index is 0.392. The number of hydrogen-bond acceptors (Lipinski definition) is 2. The van der Waals surface area contributed by atoms with Crippen molar-refractivity contribution in [1.29, 1.82) is 0 Å². The summed E-state index contributed by atoms with van der Waals surface area (Å²) in [6, 6.07) is -3.75. The normalized spacial score (nSPS) is 35.3. The maximum atomic E-state index is 12.5. The Morgan fingerprint density at radius 3 is 2.33 bits per heavy atom. The quantitative estimate of drug-likeness (QED) is 0.483. The Hall–Kier alpha value is -0.220. The molecule has 0 bridgehead atoms. The van der Waals surface area contributed by atoms with Gasteiger partial charge >= 0.3 is 6.05 Å². The van der Waals surface area contributed by atoms with E-state index in [2.05, 4.69) is 0 Å². The van der Waals surface area contributed by atoms with Crippen LogP contribution in [-0.4, -0.2) is 30.6 Å². The van der Waals surface area contributed by atoms with Crippen LogP contribution < -0.4 is 5.73 Å². The van der Waals surface area contributed by atoms with E-state index < -0.39 is 12.1 Å². The van der Waals surface area contributed by atoms with E-state index in [4.69, 9.17) is 5.73 Å². The molecule has 0 aromatic rings. The van der Waals surface area contributed by atoms with Crippen LogP contribution in [-0.2, 0) is 0 Å². The van der Waals surface area contributed by atoms with Crippen LogP contribution in [0.3, 0.4) is 0 Å². The van der Waals surface area contributed by atoms with Crippen molar-refractivity contribution >= 4 is 0 Å². The van der Waals surface area contributed by atoms with E-state index in [1.165, 1.54) is 7.05 Å². The second-order valence-corrected chi connectivity index (χ2v) is 2.40. The van der Waals surface area contributed by atoms with Crippen molar-refractivity contribution in [2.24, 2.45) is 5.73 Å². The smallest absolute Gasteiger partial charge is 0.319 e. The van der Waals surface area contributed by atoms with Crippen molar-refractivity contribution < 1.29 is 8.78 Å². The SMILES string of the molecule is CN1CCC(N)C1(F)F. The molecule has 1 atom stereocenters. The Bertz CT molecular complexity index is 104. The van der Waals surface area contributed by atoms with E-state index in [0.717, 1.165) is 4.90 Å². The first-order valence-corrected chi connectivity index (χ1v) is 2.90. The van der Waals surface area contributed by atoms with Gasteiger partial charge in [0, 0.05) is 6.54 Å². The topological polar surface area (TPSA) is 29.3 Å². The summed E-state index contributed by atoms with van der Waals surface area (Å²) in [6.45, 7) is 0.397. The molecule has 0 saturated carbocycles. The van der Waals surface area contributed by atoms with E-state index in [1.807, 2.05) is 0 Å². The van der Waals surface area contributed by atoms with Gasteiger partial charge in [0.15, 0.2) is 0 Å². The minimum Gasteiger partial charge on any atom is -0.321 e. The van der Waals surface area contributed by atoms with Crippen LogP contribution in [0.5, 0.6) is 0 Å². The average molecular weight is 136 g/mol. The van der Waals surface area contributed by atoms with Crippen LogP contribution in [0.4, 0.5) is 8.78 Å². The molecule has 0 aromatic carbocycles. The van der Waals surface area contributed by atoms with E-state index in [-0.39, 0.29) is 0 Å². The standard InChI is InChI=1S/C5H10F2N2/c1-9-3-2-4(8)5(9,6)7/h4H,2-3,8H2,1H3. The summed E-state index contributed by atoms with van der Waals surface area (Å²) in [7, 11) is 1.38. The van der Waals surface area contributed by atoms with Gasteiger partial charge in [-0.05, 0) is 13.5 Å². The number of halogens is 2. The molecule has 0 aliphatic carbocycles. The van der Waals surface area contributed by atoms with E-state index in [9.17, 15) is 8.78 Å². The predicted octanol–water partition coefficient (Wildman–Crippen LogP) is 0.242. The van der Waals surface area contributed by atoms with Crippen LogP contribution in [0.1, 0.15) is 6.42 Å². The summed E-state index contributed by atoms with van der Waals surface area (Å²) in [5.41, 5.74) is 5.11. The third kappa shape index (κ3) is 0.923. The number of likely N-dealkylation sites (tertiary alicyclic amines) is 1. The van der Waals surface area contributed by atoms with Crippen LogP contribution >= 0.6 is 0 Å². The lowest BCUT2D eigenvalue weighted by Gasteiger charge is -2.21. The molecule has 1 fully saturated rings. The highest BCUT2D eigenvalue weighted by Gasteiger charge is 2.46. The third-order valence-electron chi connectivity index (χ3n) is 1.73. The summed E-state index contributed by atoms with van der Waals surface area (Å²) in [5.74, 6) is 0. The molecule has 54 valence electrons. The number of rotatable bonds is 0. The molecule has 1 rings (SSSR count). The fourth-order valence-corrected chi connectivity index (χ4v) is 0.939. The summed E-state index contributed by atoms with van der Waals surface area (Å²) >= 11 is 0. The van der Waals surface area contributed by atoms with Gasteiger partial charge in [0.05, 0.1) is 6.04 Å². The van der Waals surface area contributed by atoms with Crippen molar-refractivity contribution in [2.75, 3.05) is 13.6 Å². The predicted molar refractivity (Wildman–Crippen MR) is 30.2 cm³/mol. The first-order chi connectivity index (χ1) is 4.05. The first-order valence-electron chi connectivity index (χ1n) is 2.90. The second-order valence-electron chi connectivity index (χ2n) is 2.40. The number of nitrogens with zero attached hydrogens (tertiary/aromatic N) is 1. The van der Waals surface area contributed by atoms with Gasteiger partial charge in [-0.3, -0.25) is 0 Å². The fraction of sp³-hybridized carbons (Fsp3) is 1.00. The molecule has 0 spiro atoms. The van der Waals surface area contributed by atoms with Gasteiger partial charge in [-0.2, -0.15) is 8.78 Å². The molecule has 2 nitrogen and oxygen atoms in total. The molecule has 0 radical (unpaired) electrons. The second kappa shape index (κ2) is 1.88. The van der Waals surface area contributed by atoms with Crippen molar-refractivity contribution in [1.82, 2.24) is 4.90 Å². The van der Waals surface area contributed by atoms with Gasteiger partial charge in [-0.25, -0.2) is 4.90 Å². The highest BCUT2D eigenvalue weighted by Crippen LogP contribution is 2.28. The van der Waals surface area contributed by atoms with Crippen molar-refractivity contribution in [2.45, 2.75) is 18.5 Å². The summed E-state index contributed by atoms with van der Waals surface area (Å²) in [6.07, 6.45) is 0.392. The molecule has 1 saturated heterocycles. The Morgan fingerprint density at radius 1 is 1.67 bits per heavy atom. The molecular weight excluding hydrogens is 126 g/mol. The van der Waals surface area contributed by atoms with Gasteiger partial charge in [-0.1, -0.05) is 0 Å². The molecule has 0 aromatic heterocycles. The number of likely N-dealkylation sites (N-methyl/N-ethyl adjacent to an activating group) is 1. The van der Waals surface area contributed by atoms with Crippen molar-refractivity contribution in [3.8, 4) is 0 Å². The van der Waals surface area contributed by atoms with E-state index in [1.54, 1.807) is 0 Å². The lowest BCUT2D eigenvalue weighted by Crippen LogP contribution is -2.44. The van der Waals surface area contributed by atoms with Gasteiger partial charge in [0.2, 0.25) is 0 Å². The maximum absolute atomic E-state index is 12.5. The fourth-order valence-electron chi connectivity index (χ4n) is 0.939. The lowest BCUT2D eigenvalue weighted by atomic mass is 10.2. The highest BCUT2D eigenvalue weighted by atomic mass is 19.3. The Morgan fingerprint density at radius 2 is 2.22 bits per heavy atom. The molecule has 1 heterocycles. The number of nitrogens with two attached hydrogens (primary N) is 1. The van der Waals surface area contributed by atoms with Crippen LogP contribution in [0.2, 0.25) is 0 Å². The zero-order valence-electron chi connectivity index (χ0n) is 5.27. The summed E-state index contributed by atoms with van der Waals surface area (Å²) in [4.78, 5) is 0.984. The summed E-state index contributed by atoms with van der Waals surface area (Å²) in [5, 5.41) is 0. The first kappa shape index (κ1) is 6.89. The molecule has 1 aliphatic heterocycles. The van der Waals surface area contributed by atoms with Gasteiger partial charge in [0.1, 0.15) is 0 Å². The van der Waals surface area contributed by atoms with Crippen LogP contribution in [0.15, 0.2) is 0 Å². The van der Waals surface area contributed by atoms with Crippen LogP contribution in [0.25, 0.3) is 0 Å². The Labute approximate surface area is 52.6 Å². The van der Waals surface area contributed by atoms with E-state index >= 15 is 0 Å². The molecular formula is C5H10F2N2. The highest BCUT2D eigenvalue weighted by molar-refractivity contribution is 4.86. The Kier molecular flexibility index (Phi) is 1.44. The lowest BCUT2D eigenvalue weighted by molar-refractivity contribution is -0.116. The molecule has 1 aliphatic rings. The monoisotopic (exact) mass is 136 g/mol. The Balaban J connectivity index is 2.66. The van der Waals surface area contributed by atoms with E-state index in [0.29, 0.717) is 13.0 Å². The molecule has 9 heavy (non-hydrogen) atoms. The maximum Gasteiger partial charge on any atom is 0.319 e. The third-order valence-corrected chi connectivity index (χ3v) is 1.73. The molecule has 2 N–H and O–H groups in total. The van der Waals surface area contributed by atoms with Gasteiger partial charge < -0.3 is 5.73 Å². The van der Waals surface area contributed by atoms with Crippen molar-refractivity contribution in [3.05, 3.63) is 0 Å². The minimum atomic E-state index is -2.78. The average Bonchev–Trinajstić information content (AvgIpc) is 1.96. The van der Waals surface area contributed by atoms with Crippen LogP contribution in [0, 0.1) is 0 Å². The molecule has 0 amide bonds. The van der Waals surface area contributed by atoms with Gasteiger partial charge in [-0.15, -0.1) is 0 Å². The zero-order chi connectivity index (χ0) is 7.07. The molecule has 4 heteroatoms.